The molecule has 2 aromatic carbocycles. The number of carbonyl (C=O) groups is 1. The third-order valence-electron chi connectivity index (χ3n) is 5.77. The maximum absolute atomic E-state index is 14.7. The lowest BCUT2D eigenvalue weighted by Crippen LogP contribution is -2.47. The zero-order chi connectivity index (χ0) is 23.0. The van der Waals surface area contributed by atoms with Gasteiger partial charge < -0.3 is 14.2 Å². The van der Waals surface area contributed by atoms with E-state index in [0.717, 1.165) is 26.2 Å². The molecule has 1 saturated heterocycles. The van der Waals surface area contributed by atoms with E-state index in [4.69, 9.17) is 9.47 Å². The van der Waals surface area contributed by atoms with Gasteiger partial charge in [0.15, 0.2) is 23.3 Å². The fourth-order valence-electron chi connectivity index (χ4n) is 3.80. The normalized spacial score (nSPS) is 26.0. The van der Waals surface area contributed by atoms with E-state index in [9.17, 15) is 26.7 Å². The van der Waals surface area contributed by atoms with Gasteiger partial charge in [-0.2, -0.15) is 17.6 Å². The maximum Gasteiger partial charge on any atom is 0.417 e. The van der Waals surface area contributed by atoms with Crippen LogP contribution in [0.5, 0.6) is 5.75 Å². The van der Waals surface area contributed by atoms with Gasteiger partial charge in [-0.25, -0.2) is 9.18 Å². The first kappa shape index (κ1) is 23.0. The molecule has 0 saturated carbocycles. The van der Waals surface area contributed by atoms with E-state index in [0.29, 0.717) is 5.56 Å². The third-order valence-corrected chi connectivity index (χ3v) is 5.77. The van der Waals surface area contributed by atoms with Gasteiger partial charge in [-0.05, 0) is 18.6 Å². The van der Waals surface area contributed by atoms with Crippen LogP contribution in [0.4, 0.5) is 22.0 Å². The highest BCUT2D eigenvalue weighted by atomic mass is 19.4. The summed E-state index contributed by atoms with van der Waals surface area (Å²) in [5.74, 6) is -6.83. The summed E-state index contributed by atoms with van der Waals surface area (Å²) in [6, 6.07) is 10.5. The highest BCUT2D eigenvalue weighted by molar-refractivity contribution is 5.77. The molecule has 0 radical (unpaired) electrons. The Bertz CT molecular complexity index is 947. The fourth-order valence-corrected chi connectivity index (χ4v) is 3.80. The van der Waals surface area contributed by atoms with Gasteiger partial charge in [0.05, 0.1) is 7.11 Å². The largest absolute Gasteiger partial charge is 0.485 e. The highest BCUT2D eigenvalue weighted by Gasteiger charge is 2.66. The molecule has 0 aliphatic carbocycles. The molecule has 31 heavy (non-hydrogen) atoms. The second kappa shape index (κ2) is 8.45. The lowest BCUT2D eigenvalue weighted by molar-refractivity contribution is -0.274. The highest BCUT2D eigenvalue weighted by Crippen LogP contribution is 2.55. The molecule has 3 rings (SSSR count). The van der Waals surface area contributed by atoms with Crippen LogP contribution < -0.4 is 4.74 Å². The number of hydrogen-bond donors (Lipinski definition) is 0. The van der Waals surface area contributed by atoms with Crippen LogP contribution >= 0.6 is 0 Å². The molecule has 0 bridgehead atoms. The Balaban J connectivity index is 2.08. The van der Waals surface area contributed by atoms with Crippen molar-refractivity contribution >= 4 is 5.97 Å². The minimum atomic E-state index is -4.82. The Morgan fingerprint density at radius 1 is 1.13 bits per heavy atom. The van der Waals surface area contributed by atoms with Crippen LogP contribution in [0, 0.1) is 17.6 Å². The lowest BCUT2D eigenvalue weighted by Gasteiger charge is -2.32. The van der Waals surface area contributed by atoms with Crippen LogP contribution in [0.2, 0.25) is 0 Å². The first-order valence-electron chi connectivity index (χ1n) is 9.48. The van der Waals surface area contributed by atoms with Crippen LogP contribution in [0.25, 0.3) is 0 Å². The van der Waals surface area contributed by atoms with Crippen LogP contribution in [0.3, 0.4) is 0 Å². The number of hydrogen-bond acceptors (Lipinski definition) is 4. The van der Waals surface area contributed by atoms with E-state index in [2.05, 4.69) is 4.74 Å². The van der Waals surface area contributed by atoms with E-state index >= 15 is 0 Å². The number of alkyl halides is 3. The number of esters is 1. The van der Waals surface area contributed by atoms with Crippen molar-refractivity contribution < 1.29 is 41.0 Å². The first-order chi connectivity index (χ1) is 14.5. The van der Waals surface area contributed by atoms with E-state index in [-0.39, 0.29) is 12.2 Å². The molecule has 0 amide bonds. The van der Waals surface area contributed by atoms with Gasteiger partial charge >= 0.3 is 12.1 Å². The molecule has 0 aromatic heterocycles. The average molecular weight is 444 g/mol. The number of methoxy groups -OCH3 is 1. The fraction of sp³-hybridized carbons (Fsp3) is 0.409. The molecule has 1 aliphatic heterocycles. The number of halogens is 5. The van der Waals surface area contributed by atoms with Gasteiger partial charge in [0, 0.05) is 17.4 Å². The summed E-state index contributed by atoms with van der Waals surface area (Å²) in [6.07, 6.45) is -6.51. The molecule has 168 valence electrons. The Morgan fingerprint density at radius 2 is 1.77 bits per heavy atom. The van der Waals surface area contributed by atoms with Crippen molar-refractivity contribution in [1.29, 1.82) is 0 Å². The molecule has 2 aromatic rings. The van der Waals surface area contributed by atoms with Crippen LogP contribution in [-0.2, 0) is 20.9 Å². The average Bonchev–Trinajstić information content (AvgIpc) is 3.01. The van der Waals surface area contributed by atoms with Crippen LogP contribution in [0.1, 0.15) is 30.9 Å². The lowest BCUT2D eigenvalue weighted by atomic mass is 9.77. The minimum absolute atomic E-state index is 0.106. The number of ether oxygens (including phenoxy) is 3. The van der Waals surface area contributed by atoms with Crippen LogP contribution in [-0.4, -0.2) is 31.0 Å². The van der Waals surface area contributed by atoms with Gasteiger partial charge in [-0.1, -0.05) is 43.3 Å². The molecule has 0 unspecified atom stereocenters. The first-order valence-corrected chi connectivity index (χ1v) is 9.48. The number of rotatable bonds is 5. The van der Waals surface area contributed by atoms with Crippen LogP contribution in [0.15, 0.2) is 42.5 Å². The molecule has 4 atom stereocenters. The van der Waals surface area contributed by atoms with Crippen molar-refractivity contribution in [2.24, 2.45) is 5.92 Å². The standard InChI is InChI=1S/C22H21F5O4/c1-12-16(19(20(28)29-3)31-21(12,2)22(25,26)27)14-9-10-15(23)17(24)18(14)30-11-13-7-5-4-6-8-13/h4-10,12,16,19H,11H2,1-3H3/t12-,16-,19+,21+/m0/s1. The van der Waals surface area contributed by atoms with Crippen molar-refractivity contribution in [3.63, 3.8) is 0 Å². The predicted octanol–water partition coefficient (Wildman–Crippen LogP) is 5.16. The SMILES string of the molecule is COC(=O)[C@@H]1O[C@@](C)(C(F)(F)F)[C@@H](C)[C@H]1c1ccc(F)c(F)c1OCc1ccccc1. The number of carbonyl (C=O) groups excluding carboxylic acids is 1. The second-order valence-electron chi connectivity index (χ2n) is 7.53. The van der Waals surface area contributed by atoms with E-state index in [1.54, 1.807) is 30.3 Å². The molecule has 1 heterocycles. The Labute approximate surface area is 175 Å². The second-order valence-corrected chi connectivity index (χ2v) is 7.53. The van der Waals surface area contributed by atoms with Crippen molar-refractivity contribution in [3.05, 3.63) is 65.2 Å². The zero-order valence-corrected chi connectivity index (χ0v) is 17.0. The van der Waals surface area contributed by atoms with E-state index < -0.39 is 53.1 Å². The van der Waals surface area contributed by atoms with Gasteiger partial charge in [0.1, 0.15) is 6.61 Å². The Morgan fingerprint density at radius 3 is 2.35 bits per heavy atom. The van der Waals surface area contributed by atoms with E-state index in [1.165, 1.54) is 6.92 Å². The molecule has 9 heteroatoms. The molecule has 1 aliphatic rings. The molecular weight excluding hydrogens is 423 g/mol. The molecule has 1 fully saturated rings. The molecule has 0 N–H and O–H groups in total. The van der Waals surface area contributed by atoms with E-state index in [1.807, 2.05) is 0 Å². The summed E-state index contributed by atoms with van der Waals surface area (Å²) >= 11 is 0. The predicted molar refractivity (Wildman–Crippen MR) is 100 cm³/mol. The molecule has 4 nitrogen and oxygen atoms in total. The van der Waals surface area contributed by atoms with Crippen molar-refractivity contribution in [3.8, 4) is 5.75 Å². The quantitative estimate of drug-likeness (QED) is 0.472. The number of benzene rings is 2. The molecule has 0 spiro atoms. The summed E-state index contributed by atoms with van der Waals surface area (Å²) in [5.41, 5.74) is -2.18. The zero-order valence-electron chi connectivity index (χ0n) is 17.0. The minimum Gasteiger partial charge on any atom is -0.485 e. The summed E-state index contributed by atoms with van der Waals surface area (Å²) in [5, 5.41) is 0. The summed E-state index contributed by atoms with van der Waals surface area (Å²) in [7, 11) is 1.01. The van der Waals surface area contributed by atoms with Gasteiger partial charge in [-0.3, -0.25) is 0 Å². The summed E-state index contributed by atoms with van der Waals surface area (Å²) < 4.78 is 85.4. The summed E-state index contributed by atoms with van der Waals surface area (Å²) in [4.78, 5) is 12.3. The van der Waals surface area contributed by atoms with Gasteiger partial charge in [0.2, 0.25) is 5.82 Å². The third kappa shape index (κ3) is 4.11. The Hall–Kier alpha value is -2.68. The topological polar surface area (TPSA) is 44.8 Å². The molecular formula is C22H21F5O4. The Kier molecular flexibility index (Phi) is 6.27. The monoisotopic (exact) mass is 444 g/mol. The summed E-state index contributed by atoms with van der Waals surface area (Å²) in [6.45, 7) is 1.90. The van der Waals surface area contributed by atoms with Gasteiger partial charge in [-0.15, -0.1) is 0 Å². The van der Waals surface area contributed by atoms with Crippen molar-refractivity contribution in [1.82, 2.24) is 0 Å². The van der Waals surface area contributed by atoms with Crippen molar-refractivity contribution in [2.45, 2.75) is 44.3 Å². The van der Waals surface area contributed by atoms with Crippen molar-refractivity contribution in [2.75, 3.05) is 7.11 Å². The smallest absolute Gasteiger partial charge is 0.417 e. The van der Waals surface area contributed by atoms with Gasteiger partial charge in [0.25, 0.3) is 0 Å². The maximum atomic E-state index is 14.7.